The minimum Gasteiger partial charge on any atom is -0.453 e. The predicted octanol–water partition coefficient (Wildman–Crippen LogP) is 23.2. The average molecular weight is 1940 g/mol. The summed E-state index contributed by atoms with van der Waals surface area (Å²) in [6, 6.07) is 37.5. The van der Waals surface area contributed by atoms with Crippen molar-refractivity contribution in [2.45, 2.75) is 243 Å². The minimum atomic E-state index is -0.217. The zero-order chi connectivity index (χ0) is 99.6. The lowest BCUT2D eigenvalue weighted by atomic mass is 10.2. The van der Waals surface area contributed by atoms with Crippen molar-refractivity contribution in [2.75, 3.05) is 247 Å². The van der Waals surface area contributed by atoms with Crippen molar-refractivity contribution in [3.05, 3.63) is 144 Å². The number of thioether (sulfide) groups is 6. The van der Waals surface area contributed by atoms with Crippen LogP contribution in [-0.4, -0.2) is 338 Å². The van der Waals surface area contributed by atoms with Gasteiger partial charge in [0, 0.05) is 38.8 Å². The molecule has 0 aromatic heterocycles. The second-order valence-electron chi connectivity index (χ2n) is 36.5. The summed E-state index contributed by atoms with van der Waals surface area (Å²) in [6.07, 6.45) is 12.1. The normalized spacial score (nSPS) is 12.8. The molecule has 0 aliphatic carbocycles. The lowest BCUT2D eigenvalue weighted by molar-refractivity contribution is -0.929. The van der Waals surface area contributed by atoms with Gasteiger partial charge in [0.25, 0.3) is 0 Å². The first kappa shape index (κ1) is 132. The fourth-order valence-corrected chi connectivity index (χ4v) is 21.0. The first-order chi connectivity index (χ1) is 61.5. The van der Waals surface area contributed by atoms with Crippen molar-refractivity contribution in [2.24, 2.45) is 0 Å². The number of ether oxygens (including phenoxy) is 2. The van der Waals surface area contributed by atoms with Gasteiger partial charge in [-0.25, -0.2) is 9.59 Å². The van der Waals surface area contributed by atoms with E-state index in [1.807, 2.05) is 111 Å². The van der Waals surface area contributed by atoms with Crippen molar-refractivity contribution in [3.63, 3.8) is 0 Å². The number of likely N-dealkylation sites (N-methyl/N-ethyl adjacent to an activating group) is 2. The summed E-state index contributed by atoms with van der Waals surface area (Å²) >= 11 is 8.65. The molecular formula is C106H196N8O10S6+8. The van der Waals surface area contributed by atoms with E-state index in [1.165, 1.54) is 190 Å². The second-order valence-corrected chi connectivity index (χ2v) is 43.7. The summed E-state index contributed by atoms with van der Waals surface area (Å²) < 4.78 is 19.8. The van der Waals surface area contributed by atoms with Crippen LogP contribution in [0.3, 0.4) is 0 Å². The highest BCUT2D eigenvalue weighted by molar-refractivity contribution is 8.15. The maximum absolute atomic E-state index is 12.2. The zero-order valence-electron chi connectivity index (χ0n) is 88.5. The third-order valence-electron chi connectivity index (χ3n) is 24.3. The molecule has 0 bridgehead atoms. The number of nitrogens with zero attached hydrogens (tertiary/aromatic N) is 8. The number of hydrogen-bond donors (Lipinski definition) is 0. The van der Waals surface area contributed by atoms with E-state index in [2.05, 4.69) is 167 Å². The molecule has 0 aliphatic rings. The molecule has 0 amide bonds. The van der Waals surface area contributed by atoms with Crippen molar-refractivity contribution < 1.29 is 83.7 Å². The zero-order valence-corrected chi connectivity index (χ0v) is 93.4. The second kappa shape index (κ2) is 78.6. The van der Waals surface area contributed by atoms with E-state index in [9.17, 15) is 38.4 Å². The molecular weight excluding hydrogens is 1740 g/mol. The van der Waals surface area contributed by atoms with Crippen LogP contribution in [0, 0.1) is 0 Å². The molecule has 748 valence electrons. The Kier molecular flexibility index (Phi) is 79.8. The molecule has 0 fully saturated rings. The highest BCUT2D eigenvalue weighted by Crippen LogP contribution is 2.22. The number of carbonyl (C=O) groups is 8. The van der Waals surface area contributed by atoms with Gasteiger partial charge in [0.2, 0.25) is 10.2 Å². The van der Waals surface area contributed by atoms with Crippen LogP contribution in [0.4, 0.5) is 0 Å². The van der Waals surface area contributed by atoms with Gasteiger partial charge in [-0.3, -0.25) is 28.8 Å². The van der Waals surface area contributed by atoms with E-state index in [0.29, 0.717) is 11.1 Å². The summed E-state index contributed by atoms with van der Waals surface area (Å²) in [5.41, 5.74) is 2.87. The quantitative estimate of drug-likeness (QED) is 0.0304. The summed E-state index contributed by atoms with van der Waals surface area (Å²) in [6.45, 7) is 80.5. The van der Waals surface area contributed by atoms with Crippen molar-refractivity contribution >= 4 is 113 Å². The van der Waals surface area contributed by atoms with Gasteiger partial charge in [-0.05, 0) is 159 Å². The molecule has 0 N–H and O–H groups in total. The Bertz CT molecular complexity index is 3470. The van der Waals surface area contributed by atoms with E-state index >= 15 is 0 Å². The van der Waals surface area contributed by atoms with Gasteiger partial charge in [-0.15, -0.1) is 0 Å². The molecule has 4 unspecified atom stereocenters. The first-order valence-electron chi connectivity index (χ1n) is 49.7. The molecule has 0 saturated heterocycles. The molecule has 0 saturated carbocycles. The first-order valence-corrected chi connectivity index (χ1v) is 55.6. The number of rotatable bonds is 56. The van der Waals surface area contributed by atoms with Crippen LogP contribution in [0.1, 0.15) is 272 Å². The molecule has 4 atom stereocenters. The molecule has 24 heteroatoms. The maximum atomic E-state index is 12.2. The molecule has 0 aliphatic heterocycles. The Morgan fingerprint density at radius 1 is 0.246 bits per heavy atom. The van der Waals surface area contributed by atoms with Crippen LogP contribution in [0.25, 0.3) is 0 Å². The molecule has 0 radical (unpaired) electrons. The van der Waals surface area contributed by atoms with Crippen LogP contribution in [0.15, 0.2) is 121 Å². The Hall–Kier alpha value is -4.38. The molecule has 4 aromatic carbocycles. The van der Waals surface area contributed by atoms with Crippen LogP contribution >= 0.6 is 70.6 Å². The molecule has 0 spiro atoms. The predicted molar refractivity (Wildman–Crippen MR) is 574 cm³/mol. The topological polar surface area (TPSA) is 155 Å². The summed E-state index contributed by atoms with van der Waals surface area (Å²) in [7, 11) is 12.8. The lowest BCUT2D eigenvalue weighted by Crippen LogP contribution is -2.53. The Morgan fingerprint density at radius 3 is 0.677 bits per heavy atom. The third-order valence-corrected chi connectivity index (χ3v) is 29.2. The van der Waals surface area contributed by atoms with E-state index in [4.69, 9.17) is 9.47 Å². The van der Waals surface area contributed by atoms with Crippen LogP contribution < -0.4 is 0 Å². The molecule has 18 nitrogen and oxygen atoms in total. The van der Waals surface area contributed by atoms with Gasteiger partial charge in [0.05, 0.1) is 245 Å². The number of esters is 2. The number of benzene rings is 4. The van der Waals surface area contributed by atoms with Gasteiger partial charge in [0.15, 0.2) is 20.5 Å². The van der Waals surface area contributed by atoms with E-state index in [1.54, 1.807) is 52.0 Å². The average Bonchev–Trinajstić information content (AvgIpc) is 0.859. The van der Waals surface area contributed by atoms with Crippen LogP contribution in [-0.2, 0) is 28.7 Å². The lowest BCUT2D eigenvalue weighted by Gasteiger charge is -2.39. The summed E-state index contributed by atoms with van der Waals surface area (Å²) in [4.78, 5) is 91.0. The number of quaternary nitrogens is 8. The Morgan fingerprint density at radius 2 is 0.446 bits per heavy atom. The highest BCUT2D eigenvalue weighted by Gasteiger charge is 2.32. The fourth-order valence-electron chi connectivity index (χ4n) is 15.7. The Labute approximate surface area is 824 Å². The largest absolute Gasteiger partial charge is 0.453 e. The molecule has 4 aromatic rings. The van der Waals surface area contributed by atoms with Gasteiger partial charge < -0.3 is 45.3 Å². The minimum absolute atomic E-state index is 0.0592. The number of unbranched alkanes of at least 4 members (excludes halogenated alkanes) is 2. The monoisotopic (exact) mass is 1930 g/mol. The smallest absolute Gasteiger partial charge is 0.338 e. The van der Waals surface area contributed by atoms with E-state index in [-0.39, 0.29) is 54.8 Å². The third kappa shape index (κ3) is 66.2. The highest BCUT2D eigenvalue weighted by atomic mass is 32.2. The Balaban J connectivity index is -0.000000705. The molecule has 130 heavy (non-hydrogen) atoms. The number of carbonyl (C=O) groups excluding carboxylic acids is 8. The van der Waals surface area contributed by atoms with Crippen molar-refractivity contribution in [1.29, 1.82) is 0 Å². The number of hydrogen-bond acceptors (Lipinski definition) is 16. The standard InChI is InChI=1S/C19H32NO2.C18H30NO2.C15H24NOS.C13H28NOS.C12H18NOS.C12H26NOS.C10H22NOS.C7H16NOS/c1-5-8-15-20(7-3,14-6-2)16-17(4)22-19(21)18-12-10-9-11-13-18;1-5-13-19(7-3,14-6-2)15-16(4)21-18(20)17-11-9-8-10-12-17;1-4-16(5-2,6-3)12-13-18-15(17)14-10-8-7-9-11-14;1-5-8-10-14(7-3,9-6-2)11-12-16-13(4)15;1-13(2,3)9-10-15-12(14)11-7-5-4-6-8-11;1-5-8-13(7-3,9-6-2)10-11-15-12(4)14;1-5-11(6-2,7-3)8-9-13-10(4)12;1-7(9)10-6-5-8(2,3)4/h9-13,17H,5-8,14-16H2,1-4H3;8-12,16H,5-7,13-15H2,1-4H3;7-11H,4-6,12-13H2,1-3H3;5-12H2,1-4H3;4-8H,9-10H2,1-3H3;5-11H2,1-4H3;5-9H2,1-4H3;5-6H2,1-4H3/q8*+1. The van der Waals surface area contributed by atoms with Crippen LogP contribution in [0.5, 0.6) is 0 Å². The van der Waals surface area contributed by atoms with Gasteiger partial charge in [-0.1, -0.05) is 236 Å². The molecule has 0 heterocycles. The summed E-state index contributed by atoms with van der Waals surface area (Å²) in [5.74, 6) is 5.19. The van der Waals surface area contributed by atoms with Gasteiger partial charge in [0.1, 0.15) is 25.3 Å². The fraction of sp³-hybridized carbons (Fsp3) is 0.698. The van der Waals surface area contributed by atoms with E-state index in [0.717, 1.165) is 197 Å². The maximum Gasteiger partial charge on any atom is 0.338 e. The van der Waals surface area contributed by atoms with Gasteiger partial charge in [-0.2, -0.15) is 0 Å². The van der Waals surface area contributed by atoms with Crippen molar-refractivity contribution in [3.8, 4) is 0 Å². The van der Waals surface area contributed by atoms with Crippen LogP contribution in [0.2, 0.25) is 0 Å². The van der Waals surface area contributed by atoms with Gasteiger partial charge >= 0.3 is 11.9 Å². The SMILES string of the molecule is CC(=O)SCC[N+](C)(C)C.CCCC[N+](CC)(CCC)CC(C)OC(=O)c1ccccc1.CCCC[N+](CC)(CCC)CCSC(C)=O.CCC[N+](CC)(CCC)CC(C)OC(=O)c1ccccc1.CCC[N+](CC)(CCC)CCSC(C)=O.CC[N+](CC)(CC)CCSC(=O)c1ccccc1.CC[N+](CC)(CC)CCSC(C)=O.C[N+](C)(C)CCSC(=O)c1ccccc1. The summed E-state index contributed by atoms with van der Waals surface area (Å²) in [5, 5.41) is 1.31. The molecule has 4 rings (SSSR count). The van der Waals surface area contributed by atoms with Crippen molar-refractivity contribution in [1.82, 2.24) is 0 Å². The van der Waals surface area contributed by atoms with E-state index < -0.39 is 0 Å².